The molecule has 0 spiro atoms. The summed E-state index contributed by atoms with van der Waals surface area (Å²) in [6, 6.07) is 7.38. The molecule has 2 bridgehead atoms. The van der Waals surface area contributed by atoms with Crippen LogP contribution in [0.3, 0.4) is 0 Å². The van der Waals surface area contributed by atoms with Gasteiger partial charge in [-0.25, -0.2) is 0 Å². The number of carbonyl (C=O) groups is 3. The van der Waals surface area contributed by atoms with Gasteiger partial charge in [0, 0.05) is 15.9 Å². The SMILES string of the molecule is O=C1CC2CCC1C1C(=O)N(c3ccc(I)cc3)C(=O)C21. The zero-order valence-corrected chi connectivity index (χ0v) is 13.4. The monoisotopic (exact) mass is 395 g/mol. The number of imide groups is 1. The van der Waals surface area contributed by atoms with Gasteiger partial charge in [0.1, 0.15) is 5.78 Å². The van der Waals surface area contributed by atoms with E-state index in [9.17, 15) is 14.4 Å². The molecule has 108 valence electrons. The Balaban J connectivity index is 1.75. The topological polar surface area (TPSA) is 54.5 Å². The van der Waals surface area contributed by atoms with Crippen molar-refractivity contribution in [2.75, 3.05) is 4.90 Å². The molecule has 0 N–H and O–H groups in total. The summed E-state index contributed by atoms with van der Waals surface area (Å²) < 4.78 is 1.06. The number of hydrogen-bond donors (Lipinski definition) is 0. The first kappa shape index (κ1) is 13.4. The Kier molecular flexibility index (Phi) is 2.96. The first-order valence-corrected chi connectivity index (χ1v) is 8.32. The van der Waals surface area contributed by atoms with Gasteiger partial charge >= 0.3 is 0 Å². The van der Waals surface area contributed by atoms with Gasteiger partial charge in [0.2, 0.25) is 11.8 Å². The first-order chi connectivity index (χ1) is 10.1. The van der Waals surface area contributed by atoms with Gasteiger partial charge < -0.3 is 0 Å². The van der Waals surface area contributed by atoms with Gasteiger partial charge in [0.05, 0.1) is 17.5 Å². The smallest absolute Gasteiger partial charge is 0.238 e. The summed E-state index contributed by atoms with van der Waals surface area (Å²) in [5.74, 6) is -0.937. The zero-order valence-electron chi connectivity index (χ0n) is 11.3. The van der Waals surface area contributed by atoms with E-state index in [0.717, 1.165) is 16.4 Å². The molecular weight excluding hydrogens is 381 g/mol. The van der Waals surface area contributed by atoms with Gasteiger partial charge in [-0.2, -0.15) is 0 Å². The second-order valence-corrected chi connectivity index (χ2v) is 7.40. The minimum atomic E-state index is -0.406. The van der Waals surface area contributed by atoms with Crippen LogP contribution in [0.1, 0.15) is 19.3 Å². The van der Waals surface area contributed by atoms with Crippen molar-refractivity contribution < 1.29 is 14.4 Å². The molecule has 2 amide bonds. The maximum atomic E-state index is 12.7. The second kappa shape index (κ2) is 4.63. The van der Waals surface area contributed by atoms with E-state index in [1.54, 1.807) is 12.1 Å². The Bertz CT molecular complexity index is 654. The number of hydrogen-bond acceptors (Lipinski definition) is 3. The van der Waals surface area contributed by atoms with Gasteiger partial charge in [0.15, 0.2) is 0 Å². The number of amides is 2. The van der Waals surface area contributed by atoms with Crippen LogP contribution < -0.4 is 4.90 Å². The molecule has 3 saturated carbocycles. The molecule has 1 aromatic rings. The van der Waals surface area contributed by atoms with Crippen LogP contribution in [0.2, 0.25) is 0 Å². The highest BCUT2D eigenvalue weighted by atomic mass is 127. The lowest BCUT2D eigenvalue weighted by atomic mass is 9.59. The molecule has 5 rings (SSSR count). The van der Waals surface area contributed by atoms with Crippen molar-refractivity contribution in [1.82, 2.24) is 0 Å². The van der Waals surface area contributed by atoms with Gasteiger partial charge in [-0.1, -0.05) is 0 Å². The number of anilines is 1. The van der Waals surface area contributed by atoms with E-state index in [1.165, 1.54) is 4.90 Å². The highest BCUT2D eigenvalue weighted by Crippen LogP contribution is 2.52. The van der Waals surface area contributed by atoms with Crippen molar-refractivity contribution in [3.05, 3.63) is 27.8 Å². The Morgan fingerprint density at radius 2 is 1.62 bits per heavy atom. The summed E-state index contributed by atoms with van der Waals surface area (Å²) in [7, 11) is 0. The average molecular weight is 395 g/mol. The molecule has 5 heteroatoms. The van der Waals surface area contributed by atoms with Crippen molar-refractivity contribution in [3.8, 4) is 0 Å². The fourth-order valence-corrected chi connectivity index (χ4v) is 4.59. The van der Waals surface area contributed by atoms with Crippen molar-refractivity contribution in [2.24, 2.45) is 23.7 Å². The van der Waals surface area contributed by atoms with Crippen LogP contribution in [0.5, 0.6) is 0 Å². The second-order valence-electron chi connectivity index (χ2n) is 6.15. The highest BCUT2D eigenvalue weighted by molar-refractivity contribution is 14.1. The maximum absolute atomic E-state index is 12.7. The fraction of sp³-hybridized carbons (Fsp3) is 0.438. The molecule has 4 fully saturated rings. The molecule has 1 saturated heterocycles. The van der Waals surface area contributed by atoms with Crippen LogP contribution in [-0.4, -0.2) is 17.6 Å². The summed E-state index contributed by atoms with van der Waals surface area (Å²) in [6.07, 6.45) is 2.15. The van der Waals surface area contributed by atoms with Crippen molar-refractivity contribution >= 4 is 45.9 Å². The fourth-order valence-electron chi connectivity index (χ4n) is 4.23. The van der Waals surface area contributed by atoms with E-state index in [4.69, 9.17) is 0 Å². The van der Waals surface area contributed by atoms with Crippen molar-refractivity contribution in [2.45, 2.75) is 19.3 Å². The van der Waals surface area contributed by atoms with Crippen LogP contribution >= 0.6 is 22.6 Å². The Morgan fingerprint density at radius 1 is 0.952 bits per heavy atom. The van der Waals surface area contributed by atoms with Crippen LogP contribution in [0.15, 0.2) is 24.3 Å². The maximum Gasteiger partial charge on any atom is 0.238 e. The molecule has 21 heavy (non-hydrogen) atoms. The first-order valence-electron chi connectivity index (χ1n) is 7.24. The number of fused-ring (bicyclic) bond motifs is 2. The summed E-state index contributed by atoms with van der Waals surface area (Å²) in [5, 5.41) is 0. The van der Waals surface area contributed by atoms with Crippen molar-refractivity contribution in [1.29, 1.82) is 0 Å². The van der Waals surface area contributed by atoms with E-state index in [2.05, 4.69) is 22.6 Å². The molecule has 1 heterocycles. The quantitative estimate of drug-likeness (QED) is 0.542. The summed E-state index contributed by atoms with van der Waals surface area (Å²) in [6.45, 7) is 0. The van der Waals surface area contributed by atoms with Crippen molar-refractivity contribution in [3.63, 3.8) is 0 Å². The molecular formula is C16H14INO3. The summed E-state index contributed by atoms with van der Waals surface area (Å²) in [5.41, 5.74) is 0.631. The number of ketones is 1. The molecule has 1 aromatic carbocycles. The largest absolute Gasteiger partial charge is 0.299 e. The molecule has 4 nitrogen and oxygen atoms in total. The van der Waals surface area contributed by atoms with E-state index in [-0.39, 0.29) is 35.4 Å². The normalized spacial score (nSPS) is 34.5. The predicted molar refractivity (Wildman–Crippen MR) is 84.5 cm³/mol. The Hall–Kier alpha value is -1.24. The van der Waals surface area contributed by atoms with Gasteiger partial charge in [-0.05, 0) is 65.6 Å². The van der Waals surface area contributed by atoms with Gasteiger partial charge in [-0.15, -0.1) is 0 Å². The molecule has 0 radical (unpaired) electrons. The third-order valence-corrected chi connectivity index (χ3v) is 5.87. The van der Waals surface area contributed by atoms with Crippen LogP contribution in [0, 0.1) is 27.2 Å². The average Bonchev–Trinajstić information content (AvgIpc) is 2.74. The number of halogens is 1. The number of rotatable bonds is 1. The standard InChI is InChI=1S/C16H14INO3/c17-9-2-4-10(5-3-9)18-15(20)13-8-1-6-11(12(19)7-8)14(13)16(18)21/h2-5,8,11,13-14H,1,6-7H2. The lowest BCUT2D eigenvalue weighted by molar-refractivity contribution is -0.143. The molecule has 0 aromatic heterocycles. The lowest BCUT2D eigenvalue weighted by Gasteiger charge is -2.41. The molecule has 4 atom stereocenters. The zero-order chi connectivity index (χ0) is 14.7. The number of benzene rings is 1. The van der Waals surface area contributed by atoms with Crippen LogP contribution in [0.25, 0.3) is 0 Å². The van der Waals surface area contributed by atoms with E-state index < -0.39 is 5.92 Å². The summed E-state index contributed by atoms with van der Waals surface area (Å²) in [4.78, 5) is 38.8. The molecule has 4 aliphatic rings. The van der Waals surface area contributed by atoms with E-state index in [1.807, 2.05) is 12.1 Å². The Labute approximate surface area is 136 Å². The molecule has 1 aliphatic heterocycles. The van der Waals surface area contributed by atoms with E-state index >= 15 is 0 Å². The number of nitrogens with zero attached hydrogens (tertiary/aromatic N) is 1. The number of Topliss-reactive ketones (excluding diaryl/α,β-unsaturated/α-hetero) is 1. The third kappa shape index (κ3) is 1.82. The van der Waals surface area contributed by atoms with E-state index in [0.29, 0.717) is 12.1 Å². The van der Waals surface area contributed by atoms with Gasteiger partial charge in [0.25, 0.3) is 0 Å². The highest BCUT2D eigenvalue weighted by Gasteiger charge is 2.60. The number of carbonyl (C=O) groups excluding carboxylic acids is 3. The van der Waals surface area contributed by atoms with Gasteiger partial charge in [-0.3, -0.25) is 19.3 Å². The molecule has 4 unspecified atom stereocenters. The molecule has 3 aliphatic carbocycles. The van der Waals surface area contributed by atoms with Crippen LogP contribution in [-0.2, 0) is 14.4 Å². The minimum Gasteiger partial charge on any atom is -0.299 e. The van der Waals surface area contributed by atoms with Crippen LogP contribution in [0.4, 0.5) is 5.69 Å². The lowest BCUT2D eigenvalue weighted by Crippen LogP contribution is -2.46. The summed E-state index contributed by atoms with van der Waals surface area (Å²) >= 11 is 2.19. The Morgan fingerprint density at radius 3 is 2.29 bits per heavy atom. The predicted octanol–water partition coefficient (Wildman–Crippen LogP) is 2.40. The minimum absolute atomic E-state index is 0.0674. The third-order valence-electron chi connectivity index (χ3n) is 5.15.